The first-order valence-corrected chi connectivity index (χ1v) is 8.78. The van der Waals surface area contributed by atoms with E-state index in [0.29, 0.717) is 17.1 Å². The van der Waals surface area contributed by atoms with Gasteiger partial charge in [0.2, 0.25) is 5.89 Å². The highest BCUT2D eigenvalue weighted by molar-refractivity contribution is 6.04. The summed E-state index contributed by atoms with van der Waals surface area (Å²) in [4.78, 5) is 16.1. The van der Waals surface area contributed by atoms with Crippen molar-refractivity contribution in [1.29, 1.82) is 0 Å². The normalized spacial score (nSPS) is 10.4. The van der Waals surface area contributed by atoms with Gasteiger partial charge in [-0.3, -0.25) is 9.78 Å². The van der Waals surface area contributed by atoms with Crippen LogP contribution in [0.3, 0.4) is 0 Å². The van der Waals surface area contributed by atoms with E-state index in [0.717, 1.165) is 17.0 Å². The molecule has 4 aromatic rings. The molecule has 2 aromatic heterocycles. The van der Waals surface area contributed by atoms with Crippen LogP contribution in [0.15, 0.2) is 77.5 Å². The molecule has 8 nitrogen and oxygen atoms in total. The fourth-order valence-electron chi connectivity index (χ4n) is 2.61. The maximum atomic E-state index is 12.2. The molecular formula is C21H17N5O3. The van der Waals surface area contributed by atoms with E-state index in [-0.39, 0.29) is 11.9 Å². The Hall–Kier alpha value is -4.20. The highest BCUT2D eigenvalue weighted by Crippen LogP contribution is 2.25. The first-order valence-electron chi connectivity index (χ1n) is 8.78. The molecule has 0 unspecified atom stereocenters. The predicted octanol–water partition coefficient (Wildman–Crippen LogP) is 4.14. The molecule has 2 N–H and O–H groups in total. The van der Waals surface area contributed by atoms with E-state index >= 15 is 0 Å². The Morgan fingerprint density at radius 1 is 1.00 bits per heavy atom. The Balaban J connectivity index is 1.43. The van der Waals surface area contributed by atoms with Gasteiger partial charge in [-0.05, 0) is 48.5 Å². The van der Waals surface area contributed by atoms with E-state index in [1.807, 2.05) is 24.3 Å². The largest absolute Gasteiger partial charge is 0.497 e. The molecule has 0 saturated heterocycles. The fraction of sp³-hybridized carbons (Fsp3) is 0.0476. The molecule has 8 heteroatoms. The van der Waals surface area contributed by atoms with E-state index in [9.17, 15) is 4.79 Å². The molecule has 0 aliphatic rings. The van der Waals surface area contributed by atoms with Crippen LogP contribution in [-0.2, 0) is 0 Å². The van der Waals surface area contributed by atoms with Gasteiger partial charge >= 0.3 is 6.01 Å². The number of hydrogen-bond acceptors (Lipinski definition) is 7. The molecule has 2 heterocycles. The van der Waals surface area contributed by atoms with Crippen LogP contribution in [0.25, 0.3) is 11.5 Å². The third kappa shape index (κ3) is 4.38. The lowest BCUT2D eigenvalue weighted by Gasteiger charge is -2.05. The Morgan fingerprint density at radius 3 is 2.62 bits per heavy atom. The number of carbonyl (C=O) groups is 1. The number of nitrogens with one attached hydrogen (secondary N) is 2. The summed E-state index contributed by atoms with van der Waals surface area (Å²) in [7, 11) is 1.60. The van der Waals surface area contributed by atoms with Gasteiger partial charge < -0.3 is 19.8 Å². The van der Waals surface area contributed by atoms with E-state index in [1.54, 1.807) is 49.7 Å². The average molecular weight is 387 g/mol. The summed E-state index contributed by atoms with van der Waals surface area (Å²) < 4.78 is 10.9. The van der Waals surface area contributed by atoms with Gasteiger partial charge in [0.1, 0.15) is 5.75 Å². The molecule has 0 fully saturated rings. The summed E-state index contributed by atoms with van der Waals surface area (Å²) in [6.07, 6.45) is 3.13. The number of amides is 1. The third-order valence-corrected chi connectivity index (χ3v) is 4.06. The maximum absolute atomic E-state index is 12.2. The Labute approximate surface area is 166 Å². The zero-order valence-corrected chi connectivity index (χ0v) is 15.5. The Morgan fingerprint density at radius 2 is 1.86 bits per heavy atom. The van der Waals surface area contributed by atoms with E-state index in [4.69, 9.17) is 9.15 Å². The van der Waals surface area contributed by atoms with Gasteiger partial charge in [-0.15, -0.1) is 5.10 Å². The first kappa shape index (κ1) is 18.2. The van der Waals surface area contributed by atoms with Crippen LogP contribution >= 0.6 is 0 Å². The van der Waals surface area contributed by atoms with Gasteiger partial charge in [-0.25, -0.2) is 0 Å². The lowest BCUT2D eigenvalue weighted by Crippen LogP contribution is -2.11. The van der Waals surface area contributed by atoms with Gasteiger partial charge in [-0.1, -0.05) is 11.2 Å². The third-order valence-electron chi connectivity index (χ3n) is 4.06. The van der Waals surface area contributed by atoms with Gasteiger partial charge in [0.25, 0.3) is 5.91 Å². The zero-order valence-electron chi connectivity index (χ0n) is 15.5. The van der Waals surface area contributed by atoms with E-state index in [1.165, 1.54) is 6.20 Å². The quantitative estimate of drug-likeness (QED) is 0.513. The van der Waals surface area contributed by atoms with Crippen molar-refractivity contribution in [2.75, 3.05) is 17.7 Å². The van der Waals surface area contributed by atoms with Gasteiger partial charge in [0.15, 0.2) is 0 Å². The predicted molar refractivity (Wildman–Crippen MR) is 108 cm³/mol. The second-order valence-electron chi connectivity index (χ2n) is 6.04. The molecule has 144 valence electrons. The Bertz CT molecular complexity index is 1110. The summed E-state index contributed by atoms with van der Waals surface area (Å²) in [6.45, 7) is 0. The van der Waals surface area contributed by atoms with Crippen molar-refractivity contribution in [3.05, 3.63) is 78.6 Å². The number of hydrogen-bond donors (Lipinski definition) is 2. The monoisotopic (exact) mass is 387 g/mol. The second-order valence-corrected chi connectivity index (χ2v) is 6.04. The van der Waals surface area contributed by atoms with Crippen LogP contribution in [-0.4, -0.2) is 28.2 Å². The van der Waals surface area contributed by atoms with Gasteiger partial charge in [0.05, 0.1) is 12.7 Å². The van der Waals surface area contributed by atoms with Crippen LogP contribution in [0.5, 0.6) is 5.75 Å². The van der Waals surface area contributed by atoms with E-state index < -0.39 is 0 Å². The van der Waals surface area contributed by atoms with Crippen LogP contribution in [0, 0.1) is 0 Å². The smallest absolute Gasteiger partial charge is 0.320 e. The molecule has 0 saturated carbocycles. The number of carbonyl (C=O) groups excluding carboxylic acids is 1. The highest BCUT2D eigenvalue weighted by atomic mass is 16.5. The number of nitrogens with zero attached hydrogens (tertiary/aromatic N) is 3. The number of rotatable bonds is 6. The molecule has 0 spiro atoms. The molecule has 29 heavy (non-hydrogen) atoms. The number of methoxy groups -OCH3 is 1. The number of benzene rings is 2. The number of ether oxygens (including phenoxy) is 1. The summed E-state index contributed by atoms with van der Waals surface area (Å²) >= 11 is 0. The Kier molecular flexibility index (Phi) is 5.15. The minimum Gasteiger partial charge on any atom is -0.497 e. The van der Waals surface area contributed by atoms with Crippen molar-refractivity contribution in [2.45, 2.75) is 0 Å². The van der Waals surface area contributed by atoms with Crippen molar-refractivity contribution < 1.29 is 13.9 Å². The summed E-state index contributed by atoms with van der Waals surface area (Å²) in [5, 5.41) is 13.9. The van der Waals surface area contributed by atoms with Crippen molar-refractivity contribution in [2.24, 2.45) is 0 Å². The maximum Gasteiger partial charge on any atom is 0.320 e. The van der Waals surface area contributed by atoms with Gasteiger partial charge in [0, 0.05) is 35.4 Å². The fourth-order valence-corrected chi connectivity index (χ4v) is 2.61. The molecule has 0 aliphatic heterocycles. The van der Waals surface area contributed by atoms with Crippen LogP contribution in [0.2, 0.25) is 0 Å². The molecule has 0 atom stereocenters. The second kappa shape index (κ2) is 8.22. The van der Waals surface area contributed by atoms with Crippen molar-refractivity contribution in [3.63, 3.8) is 0 Å². The number of anilines is 3. The molecule has 4 rings (SSSR count). The average Bonchev–Trinajstić information content (AvgIpc) is 3.23. The van der Waals surface area contributed by atoms with Crippen molar-refractivity contribution >= 4 is 23.3 Å². The lowest BCUT2D eigenvalue weighted by molar-refractivity contribution is 0.102. The molecule has 0 bridgehead atoms. The lowest BCUT2D eigenvalue weighted by atomic mass is 10.2. The van der Waals surface area contributed by atoms with Crippen LogP contribution in [0.1, 0.15) is 10.4 Å². The van der Waals surface area contributed by atoms with Crippen LogP contribution < -0.4 is 15.4 Å². The zero-order chi connectivity index (χ0) is 20.1. The molecule has 1 amide bonds. The number of pyridine rings is 1. The topological polar surface area (TPSA) is 102 Å². The molecule has 2 aromatic carbocycles. The van der Waals surface area contributed by atoms with Crippen LogP contribution in [0.4, 0.5) is 17.4 Å². The van der Waals surface area contributed by atoms with Crippen molar-refractivity contribution in [1.82, 2.24) is 15.2 Å². The summed E-state index contributed by atoms with van der Waals surface area (Å²) in [5.74, 6) is 0.854. The number of aromatic nitrogens is 3. The molecule has 0 radical (unpaired) electrons. The standard InChI is InChI=1S/C21H17N5O3/c1-28-18-6-2-5-17(12-18)24-21-26-25-20(29-21)14-7-9-16(10-8-14)23-19(27)15-4-3-11-22-13-15/h2-13H,1H3,(H,23,27)(H,24,26). The molecular weight excluding hydrogens is 370 g/mol. The summed E-state index contributed by atoms with van der Waals surface area (Å²) in [6, 6.07) is 18.2. The van der Waals surface area contributed by atoms with Gasteiger partial charge in [-0.2, -0.15) is 0 Å². The minimum absolute atomic E-state index is 0.228. The minimum atomic E-state index is -0.228. The highest BCUT2D eigenvalue weighted by Gasteiger charge is 2.10. The summed E-state index contributed by atoms with van der Waals surface area (Å²) in [5.41, 5.74) is 2.64. The first-order chi connectivity index (χ1) is 14.2. The van der Waals surface area contributed by atoms with Crippen molar-refractivity contribution in [3.8, 4) is 17.2 Å². The van der Waals surface area contributed by atoms with E-state index in [2.05, 4.69) is 25.8 Å². The molecule has 0 aliphatic carbocycles. The SMILES string of the molecule is COc1cccc(Nc2nnc(-c3ccc(NC(=O)c4cccnc4)cc3)o2)c1.